The van der Waals surface area contributed by atoms with Gasteiger partial charge in [-0.05, 0) is 119 Å². The molecule has 1 aromatic carbocycles. The number of aromatic nitrogens is 5. The highest BCUT2D eigenvalue weighted by molar-refractivity contribution is 6.25. The zero-order valence-electron chi connectivity index (χ0n) is 35.9. The van der Waals surface area contributed by atoms with Gasteiger partial charge < -0.3 is 25.2 Å². The number of ether oxygens (including phenoxy) is 1. The minimum atomic E-state index is -2.88. The molecule has 19 heteroatoms. The minimum Gasteiger partial charge on any atom is -0.384 e. The van der Waals surface area contributed by atoms with Crippen LogP contribution in [0.3, 0.4) is 0 Å². The molecule has 3 N–H and O–H groups in total. The molecule has 2 bridgehead atoms. The fourth-order valence-corrected chi connectivity index (χ4v) is 11.8. The number of hydrogen-bond donors (Lipinski definition) is 3. The molecule has 1 spiro atoms. The predicted molar refractivity (Wildman–Crippen MR) is 231 cm³/mol. The molecule has 3 atom stereocenters. The highest BCUT2D eigenvalue weighted by Crippen LogP contribution is 2.53. The van der Waals surface area contributed by atoms with Crippen LogP contribution < -0.4 is 20.9 Å². The molecule has 4 aromatic rings. The summed E-state index contributed by atoms with van der Waals surface area (Å²) in [5.41, 5.74) is 1.92. The van der Waals surface area contributed by atoms with Gasteiger partial charge in [-0.3, -0.25) is 38.9 Å². The van der Waals surface area contributed by atoms with E-state index in [1.54, 1.807) is 28.9 Å². The lowest BCUT2D eigenvalue weighted by Gasteiger charge is -2.53. The zero-order valence-corrected chi connectivity index (χ0v) is 35.9. The number of nitrogens with zero attached hydrogens (tertiary/aromatic N) is 8. The molecule has 4 saturated heterocycles. The Morgan fingerprint density at radius 2 is 1.77 bits per heavy atom. The summed E-state index contributed by atoms with van der Waals surface area (Å²) in [5.74, 6) is -0.983. The smallest absolute Gasteiger partial charge is 0.284 e. The van der Waals surface area contributed by atoms with E-state index in [1.807, 2.05) is 6.07 Å². The molecule has 6 fully saturated rings. The van der Waals surface area contributed by atoms with Crippen LogP contribution in [-0.4, -0.2) is 122 Å². The number of carbonyl (C=O) groups is 5. The van der Waals surface area contributed by atoms with Crippen LogP contribution in [-0.2, 0) is 14.3 Å². The summed E-state index contributed by atoms with van der Waals surface area (Å²) >= 11 is 0. The van der Waals surface area contributed by atoms with Gasteiger partial charge in [0.2, 0.25) is 11.8 Å². The molecule has 8 heterocycles. The van der Waals surface area contributed by atoms with Crippen LogP contribution in [0.15, 0.2) is 42.7 Å². The van der Waals surface area contributed by atoms with Gasteiger partial charge in [-0.2, -0.15) is 10.2 Å². The number of likely N-dealkylation sites (tertiary alicyclic amines) is 1. The van der Waals surface area contributed by atoms with Gasteiger partial charge in [-0.15, -0.1) is 5.10 Å². The molecule has 2 aliphatic carbocycles. The number of nitrogens with one attached hydrogen (secondary N) is 3. The van der Waals surface area contributed by atoms with E-state index in [0.29, 0.717) is 52.9 Å². The molecule has 3 aromatic heterocycles. The molecule has 65 heavy (non-hydrogen) atoms. The van der Waals surface area contributed by atoms with E-state index in [4.69, 9.17) is 9.72 Å². The second kappa shape index (κ2) is 16.5. The van der Waals surface area contributed by atoms with Crippen molar-refractivity contribution in [2.24, 2.45) is 17.3 Å². The largest absolute Gasteiger partial charge is 0.384 e. The standard InChI is InChI=1S/C46H51F2N11O6/c47-41(48)40-34(51-42(61)31-20-50-54-33-8-10-36(52-39(31)33)57-22-29-16-28(57)24-65-29)23-58(55-40)27-6-4-25(5-7-27)21-56-14-12-46(13-15-56)17-26(18-46)19-49-32-3-1-2-30-38(32)45(64)59(44(30)63)35-9-11-37(60)53-43(35)62/h1-3,8,10,20,23,25-29,35,41,49H,4-7,9,11-19,21-22,24H2,(H,51,61)(H,53,60,62)/t25?,27?,28-,29-,35?/m1/s1. The summed E-state index contributed by atoms with van der Waals surface area (Å²) in [6.45, 7) is 5.11. The van der Waals surface area contributed by atoms with Crippen molar-refractivity contribution in [3.05, 3.63) is 65.1 Å². The molecule has 11 rings (SSSR count). The number of alkyl halides is 2. The Balaban J connectivity index is 0.651. The number of pyridine rings is 1. The maximum Gasteiger partial charge on any atom is 0.284 e. The van der Waals surface area contributed by atoms with Crippen molar-refractivity contribution >= 4 is 57.8 Å². The first-order chi connectivity index (χ1) is 31.5. The summed E-state index contributed by atoms with van der Waals surface area (Å²) in [5, 5.41) is 20.8. The van der Waals surface area contributed by atoms with Gasteiger partial charge in [0.1, 0.15) is 22.9 Å². The SMILES string of the molecule is O=C1CCC(N2C(=O)c3cccc(NCC4CC5(CCN(CC6CCC(n7cc(NC(=O)c8cnnc9ccc(N%10C[C@H]%11C[C@@H]%10CO%11)nc89)c(C(F)F)n7)CC6)CC5)C4)c3C2=O)C(=O)N1. The van der Waals surface area contributed by atoms with E-state index in [0.717, 1.165) is 88.9 Å². The number of halogens is 2. The number of carbonyl (C=O) groups excluding carboxylic acids is 5. The van der Waals surface area contributed by atoms with Crippen LogP contribution in [0.2, 0.25) is 0 Å². The Bertz CT molecular complexity index is 2580. The van der Waals surface area contributed by atoms with Gasteiger partial charge in [0.05, 0.1) is 53.4 Å². The van der Waals surface area contributed by atoms with Gasteiger partial charge in [-0.1, -0.05) is 6.07 Å². The molecule has 17 nitrogen and oxygen atoms in total. The van der Waals surface area contributed by atoms with Crippen LogP contribution in [0.4, 0.5) is 26.0 Å². The van der Waals surface area contributed by atoms with Crippen LogP contribution >= 0.6 is 0 Å². The van der Waals surface area contributed by atoms with E-state index in [1.165, 1.54) is 12.4 Å². The van der Waals surface area contributed by atoms with Crippen molar-refractivity contribution in [1.29, 1.82) is 0 Å². The fraction of sp³-hybridized carbons (Fsp3) is 0.543. The van der Waals surface area contributed by atoms with Gasteiger partial charge >= 0.3 is 0 Å². The number of imide groups is 2. The van der Waals surface area contributed by atoms with Crippen molar-refractivity contribution in [3.8, 4) is 0 Å². The quantitative estimate of drug-likeness (QED) is 0.168. The minimum absolute atomic E-state index is 0.0213. The van der Waals surface area contributed by atoms with E-state index >= 15 is 0 Å². The van der Waals surface area contributed by atoms with Crippen molar-refractivity contribution in [2.75, 3.05) is 54.9 Å². The third-order valence-electron chi connectivity index (χ3n) is 15.2. The Morgan fingerprint density at radius 3 is 2.51 bits per heavy atom. The first-order valence-corrected chi connectivity index (χ1v) is 23.0. The number of benzene rings is 1. The number of piperidine rings is 2. The van der Waals surface area contributed by atoms with Gasteiger partial charge in [0.15, 0.2) is 5.69 Å². The summed E-state index contributed by atoms with van der Waals surface area (Å²) in [4.78, 5) is 75.2. The molecule has 0 radical (unpaired) electrons. The summed E-state index contributed by atoms with van der Waals surface area (Å²) in [6, 6.07) is 7.97. The number of hydrogen-bond acceptors (Lipinski definition) is 13. The first kappa shape index (κ1) is 41.7. The van der Waals surface area contributed by atoms with E-state index in [-0.39, 0.29) is 53.4 Å². The average Bonchev–Trinajstić information content (AvgIpc) is 4.10. The Kier molecular flexibility index (Phi) is 10.6. The van der Waals surface area contributed by atoms with E-state index in [2.05, 4.69) is 41.0 Å². The summed E-state index contributed by atoms with van der Waals surface area (Å²) in [6.07, 6.45) is 9.26. The lowest BCUT2D eigenvalue weighted by molar-refractivity contribution is -0.136. The number of amides is 5. The third-order valence-corrected chi connectivity index (χ3v) is 15.2. The van der Waals surface area contributed by atoms with Crippen molar-refractivity contribution in [3.63, 3.8) is 0 Å². The van der Waals surface area contributed by atoms with E-state index < -0.39 is 47.7 Å². The number of morpholine rings is 1. The van der Waals surface area contributed by atoms with Crippen LogP contribution in [0.5, 0.6) is 0 Å². The summed E-state index contributed by atoms with van der Waals surface area (Å²) < 4.78 is 36.1. The molecule has 5 aliphatic heterocycles. The lowest BCUT2D eigenvalue weighted by atomic mass is 9.57. The highest BCUT2D eigenvalue weighted by Gasteiger charge is 2.48. The molecule has 340 valence electrons. The van der Waals surface area contributed by atoms with Gasteiger partial charge in [0, 0.05) is 37.9 Å². The molecule has 5 amide bonds. The highest BCUT2D eigenvalue weighted by atomic mass is 19.3. The first-order valence-electron chi connectivity index (χ1n) is 23.0. The Morgan fingerprint density at radius 1 is 0.954 bits per heavy atom. The Labute approximate surface area is 373 Å². The maximum atomic E-state index is 14.4. The average molecular weight is 892 g/mol. The van der Waals surface area contributed by atoms with E-state index in [9.17, 15) is 32.8 Å². The molecular weight excluding hydrogens is 841 g/mol. The fourth-order valence-electron chi connectivity index (χ4n) is 11.8. The predicted octanol–water partition coefficient (Wildman–Crippen LogP) is 5.13. The monoisotopic (exact) mass is 891 g/mol. The summed E-state index contributed by atoms with van der Waals surface area (Å²) in [7, 11) is 0. The van der Waals surface area contributed by atoms with Crippen LogP contribution in [0, 0.1) is 17.3 Å². The maximum absolute atomic E-state index is 14.4. The topological polar surface area (TPSA) is 197 Å². The zero-order chi connectivity index (χ0) is 44.6. The molecular formula is C46H51F2N11O6. The molecule has 1 unspecified atom stereocenters. The van der Waals surface area contributed by atoms with Crippen molar-refractivity contribution in [1.82, 2.24) is 40.1 Å². The lowest BCUT2D eigenvalue weighted by Crippen LogP contribution is -2.54. The molecule has 2 saturated carbocycles. The normalized spacial score (nSPS) is 26.6. The van der Waals surface area contributed by atoms with Crippen molar-refractivity contribution < 1.29 is 37.5 Å². The van der Waals surface area contributed by atoms with Crippen LogP contribution in [0.1, 0.15) is 120 Å². The van der Waals surface area contributed by atoms with Gasteiger partial charge in [0.25, 0.3) is 24.1 Å². The number of rotatable bonds is 11. The van der Waals surface area contributed by atoms with Gasteiger partial charge in [-0.25, -0.2) is 13.8 Å². The Hall–Kier alpha value is -5.95. The van der Waals surface area contributed by atoms with Crippen LogP contribution in [0.25, 0.3) is 11.0 Å². The second-order valence-corrected chi connectivity index (χ2v) is 19.3. The second-order valence-electron chi connectivity index (χ2n) is 19.3. The third kappa shape index (κ3) is 7.68. The van der Waals surface area contributed by atoms with Crippen molar-refractivity contribution in [2.45, 2.75) is 101 Å². The molecule has 7 aliphatic rings. The number of anilines is 3. The number of fused-ring (bicyclic) bond motifs is 4.